The predicted molar refractivity (Wildman–Crippen MR) is 54.0 cm³/mol. The van der Waals surface area contributed by atoms with Crippen LogP contribution < -0.4 is 5.73 Å². The maximum absolute atomic E-state index is 6.13. The topological polar surface area (TPSA) is 26.0 Å². The lowest BCUT2D eigenvalue weighted by Crippen LogP contribution is -2.37. The molecule has 0 aromatic heterocycles. The fourth-order valence-electron chi connectivity index (χ4n) is 2.67. The highest BCUT2D eigenvalue weighted by Gasteiger charge is 2.26. The fraction of sp³-hybridized carbons (Fsp3) is 1.00. The normalized spacial score (nSPS) is 31.0. The molecule has 0 unspecified atom stereocenters. The predicted octanol–water partition coefficient (Wildman–Crippen LogP) is 2.94. The van der Waals surface area contributed by atoms with Crippen molar-refractivity contribution in [3.05, 3.63) is 0 Å². The van der Waals surface area contributed by atoms with Crippen LogP contribution in [0.5, 0.6) is 0 Å². The van der Waals surface area contributed by atoms with E-state index in [0.717, 1.165) is 11.8 Å². The Kier molecular flexibility index (Phi) is 4.07. The first kappa shape index (κ1) is 10.0. The van der Waals surface area contributed by atoms with Gasteiger partial charge in [0, 0.05) is 6.04 Å². The van der Waals surface area contributed by atoms with Gasteiger partial charge in [-0.1, -0.05) is 39.5 Å². The Bertz CT molecular complexity index is 118. The second-order valence-electron chi connectivity index (χ2n) is 4.19. The molecule has 1 nitrogen and oxygen atoms in total. The summed E-state index contributed by atoms with van der Waals surface area (Å²) in [6.07, 6.45) is 8.05. The summed E-state index contributed by atoms with van der Waals surface area (Å²) in [7, 11) is 0. The molecule has 0 amide bonds. The number of hydrogen-bond acceptors (Lipinski definition) is 1. The molecule has 1 aliphatic rings. The molecule has 1 fully saturated rings. The molecule has 1 saturated carbocycles. The number of nitrogens with two attached hydrogens (primary N) is 1. The van der Waals surface area contributed by atoms with Crippen molar-refractivity contribution in [2.24, 2.45) is 17.6 Å². The Balaban J connectivity index is 2.45. The van der Waals surface area contributed by atoms with Crippen molar-refractivity contribution >= 4 is 0 Å². The minimum absolute atomic E-state index is 0.503. The highest BCUT2D eigenvalue weighted by Crippen LogP contribution is 2.32. The SMILES string of the molecule is CCC(CC)[C@H]1CCCC[C@@H]1N. The molecule has 72 valence electrons. The second-order valence-corrected chi connectivity index (χ2v) is 4.19. The molecule has 12 heavy (non-hydrogen) atoms. The summed E-state index contributed by atoms with van der Waals surface area (Å²) in [6, 6.07) is 0.503. The number of hydrogen-bond donors (Lipinski definition) is 1. The summed E-state index contributed by atoms with van der Waals surface area (Å²) in [5.74, 6) is 1.72. The lowest BCUT2D eigenvalue weighted by atomic mass is 9.75. The maximum Gasteiger partial charge on any atom is 0.00698 e. The van der Waals surface area contributed by atoms with Gasteiger partial charge in [0.1, 0.15) is 0 Å². The van der Waals surface area contributed by atoms with E-state index in [1.165, 1.54) is 38.5 Å². The Morgan fingerprint density at radius 1 is 1.17 bits per heavy atom. The Morgan fingerprint density at radius 3 is 2.25 bits per heavy atom. The van der Waals surface area contributed by atoms with Crippen LogP contribution in [-0.4, -0.2) is 6.04 Å². The fourth-order valence-corrected chi connectivity index (χ4v) is 2.67. The first-order valence-corrected chi connectivity index (χ1v) is 5.55. The molecule has 0 aromatic carbocycles. The average molecular weight is 169 g/mol. The molecule has 1 aliphatic carbocycles. The van der Waals surface area contributed by atoms with Crippen molar-refractivity contribution in [1.29, 1.82) is 0 Å². The van der Waals surface area contributed by atoms with E-state index >= 15 is 0 Å². The van der Waals surface area contributed by atoms with Crippen LogP contribution >= 0.6 is 0 Å². The van der Waals surface area contributed by atoms with Crippen molar-refractivity contribution in [1.82, 2.24) is 0 Å². The molecule has 0 aromatic rings. The van der Waals surface area contributed by atoms with Crippen LogP contribution in [0.1, 0.15) is 52.4 Å². The first-order valence-electron chi connectivity index (χ1n) is 5.55. The van der Waals surface area contributed by atoms with Crippen LogP contribution in [0, 0.1) is 11.8 Å². The summed E-state index contributed by atoms with van der Waals surface area (Å²) >= 11 is 0. The first-order chi connectivity index (χ1) is 5.79. The molecular weight excluding hydrogens is 146 g/mol. The second kappa shape index (κ2) is 4.86. The molecule has 0 spiro atoms. The Labute approximate surface area is 76.7 Å². The van der Waals surface area contributed by atoms with Gasteiger partial charge < -0.3 is 5.73 Å². The molecule has 0 heterocycles. The van der Waals surface area contributed by atoms with Crippen LogP contribution in [0.15, 0.2) is 0 Å². The van der Waals surface area contributed by atoms with Crippen molar-refractivity contribution in [2.75, 3.05) is 0 Å². The maximum atomic E-state index is 6.13. The van der Waals surface area contributed by atoms with Crippen LogP contribution in [-0.2, 0) is 0 Å². The van der Waals surface area contributed by atoms with Crippen LogP contribution in [0.3, 0.4) is 0 Å². The van der Waals surface area contributed by atoms with Gasteiger partial charge in [-0.3, -0.25) is 0 Å². The third-order valence-electron chi connectivity index (χ3n) is 3.53. The molecule has 1 heteroatoms. The minimum atomic E-state index is 0.503. The van der Waals surface area contributed by atoms with Crippen LogP contribution in [0.4, 0.5) is 0 Å². The average Bonchev–Trinajstić information content (AvgIpc) is 2.10. The highest BCUT2D eigenvalue weighted by molar-refractivity contribution is 4.82. The van der Waals surface area contributed by atoms with Gasteiger partial charge in [-0.25, -0.2) is 0 Å². The minimum Gasteiger partial charge on any atom is -0.327 e. The summed E-state index contributed by atoms with van der Waals surface area (Å²) in [6.45, 7) is 4.60. The number of rotatable bonds is 3. The molecule has 2 N–H and O–H groups in total. The van der Waals surface area contributed by atoms with Crippen LogP contribution in [0.25, 0.3) is 0 Å². The van der Waals surface area contributed by atoms with Gasteiger partial charge in [-0.05, 0) is 24.7 Å². The van der Waals surface area contributed by atoms with E-state index in [0.29, 0.717) is 6.04 Å². The van der Waals surface area contributed by atoms with Gasteiger partial charge >= 0.3 is 0 Å². The quantitative estimate of drug-likeness (QED) is 0.690. The zero-order valence-corrected chi connectivity index (χ0v) is 8.55. The van der Waals surface area contributed by atoms with Crippen LogP contribution in [0.2, 0.25) is 0 Å². The zero-order valence-electron chi connectivity index (χ0n) is 8.55. The highest BCUT2D eigenvalue weighted by atomic mass is 14.7. The van der Waals surface area contributed by atoms with Crippen molar-refractivity contribution in [2.45, 2.75) is 58.4 Å². The summed E-state index contributed by atoms with van der Waals surface area (Å²) in [4.78, 5) is 0. The summed E-state index contributed by atoms with van der Waals surface area (Å²) in [5, 5.41) is 0. The summed E-state index contributed by atoms with van der Waals surface area (Å²) in [5.41, 5.74) is 6.13. The lowest BCUT2D eigenvalue weighted by Gasteiger charge is -2.34. The smallest absolute Gasteiger partial charge is 0.00698 e. The van der Waals surface area contributed by atoms with E-state index in [4.69, 9.17) is 5.73 Å². The molecule has 0 radical (unpaired) electrons. The van der Waals surface area contributed by atoms with Gasteiger partial charge in [0.2, 0.25) is 0 Å². The molecule has 1 rings (SSSR count). The Hall–Kier alpha value is -0.0400. The van der Waals surface area contributed by atoms with Gasteiger partial charge in [0.25, 0.3) is 0 Å². The van der Waals surface area contributed by atoms with Crippen molar-refractivity contribution in [3.63, 3.8) is 0 Å². The zero-order chi connectivity index (χ0) is 8.97. The van der Waals surface area contributed by atoms with E-state index in [9.17, 15) is 0 Å². The Morgan fingerprint density at radius 2 is 1.75 bits per heavy atom. The van der Waals surface area contributed by atoms with Gasteiger partial charge in [0.15, 0.2) is 0 Å². The largest absolute Gasteiger partial charge is 0.327 e. The van der Waals surface area contributed by atoms with Gasteiger partial charge in [-0.15, -0.1) is 0 Å². The van der Waals surface area contributed by atoms with E-state index in [1.807, 2.05) is 0 Å². The lowest BCUT2D eigenvalue weighted by molar-refractivity contribution is 0.204. The molecular formula is C11H23N. The van der Waals surface area contributed by atoms with Gasteiger partial charge in [0.05, 0.1) is 0 Å². The van der Waals surface area contributed by atoms with E-state index < -0.39 is 0 Å². The molecule has 0 aliphatic heterocycles. The van der Waals surface area contributed by atoms with E-state index in [2.05, 4.69) is 13.8 Å². The molecule has 0 saturated heterocycles. The summed E-state index contributed by atoms with van der Waals surface area (Å²) < 4.78 is 0. The molecule has 0 bridgehead atoms. The van der Waals surface area contributed by atoms with Crippen molar-refractivity contribution in [3.8, 4) is 0 Å². The van der Waals surface area contributed by atoms with Crippen molar-refractivity contribution < 1.29 is 0 Å². The van der Waals surface area contributed by atoms with E-state index in [-0.39, 0.29) is 0 Å². The third kappa shape index (κ3) is 2.22. The van der Waals surface area contributed by atoms with E-state index in [1.54, 1.807) is 0 Å². The molecule has 2 atom stereocenters. The monoisotopic (exact) mass is 169 g/mol. The third-order valence-corrected chi connectivity index (χ3v) is 3.53. The standard InChI is InChI=1S/C11H23N/c1-3-9(4-2)10-7-5-6-8-11(10)12/h9-11H,3-8,12H2,1-2H3/t10-,11+/m1/s1. The van der Waals surface area contributed by atoms with Gasteiger partial charge in [-0.2, -0.15) is 0 Å².